The third-order valence-corrected chi connectivity index (χ3v) is 5.62. The summed E-state index contributed by atoms with van der Waals surface area (Å²) in [6.45, 7) is 1.43. The van der Waals surface area contributed by atoms with Gasteiger partial charge in [0.15, 0.2) is 6.61 Å². The molecule has 3 aromatic rings. The van der Waals surface area contributed by atoms with Gasteiger partial charge >= 0.3 is 11.6 Å². The summed E-state index contributed by atoms with van der Waals surface area (Å²) in [4.78, 5) is 36.1. The molecule has 0 fully saturated rings. The van der Waals surface area contributed by atoms with Crippen molar-refractivity contribution in [1.82, 2.24) is 5.32 Å². The van der Waals surface area contributed by atoms with Crippen LogP contribution < -0.4 is 15.7 Å². The van der Waals surface area contributed by atoms with Gasteiger partial charge in [-0.1, -0.05) is 30.3 Å². The molecule has 31 heavy (non-hydrogen) atoms. The zero-order valence-corrected chi connectivity index (χ0v) is 17.1. The van der Waals surface area contributed by atoms with Crippen LogP contribution in [0.2, 0.25) is 0 Å². The molecule has 1 aromatic heterocycles. The first-order valence-electron chi connectivity index (χ1n) is 10.2. The first kappa shape index (κ1) is 20.7. The molecular formula is C24H23NO6. The number of benzene rings is 2. The number of carbonyl (C=O) groups is 2. The Kier molecular flexibility index (Phi) is 5.75. The van der Waals surface area contributed by atoms with E-state index in [0.717, 1.165) is 41.3 Å². The Labute approximate surface area is 178 Å². The summed E-state index contributed by atoms with van der Waals surface area (Å²) in [6, 6.07) is 11.6. The minimum Gasteiger partial charge on any atom is -0.483 e. The zero-order chi connectivity index (χ0) is 22.0. The molecule has 2 aromatic carbocycles. The van der Waals surface area contributed by atoms with Crippen LogP contribution in [0, 0.1) is 6.92 Å². The van der Waals surface area contributed by atoms with Crippen LogP contribution in [-0.4, -0.2) is 29.6 Å². The van der Waals surface area contributed by atoms with Crippen molar-refractivity contribution in [3.63, 3.8) is 0 Å². The van der Waals surface area contributed by atoms with E-state index >= 15 is 0 Å². The molecule has 4 rings (SSSR count). The largest absolute Gasteiger partial charge is 0.483 e. The predicted molar refractivity (Wildman–Crippen MR) is 114 cm³/mol. The molecule has 0 saturated heterocycles. The molecule has 0 aliphatic heterocycles. The van der Waals surface area contributed by atoms with Gasteiger partial charge in [0.2, 0.25) is 0 Å². The van der Waals surface area contributed by atoms with Crippen LogP contribution in [0.15, 0.2) is 51.7 Å². The minimum atomic E-state index is -1.12. The highest BCUT2D eigenvalue weighted by Gasteiger charge is 2.23. The van der Waals surface area contributed by atoms with Crippen molar-refractivity contribution in [1.29, 1.82) is 0 Å². The first-order chi connectivity index (χ1) is 14.9. The summed E-state index contributed by atoms with van der Waals surface area (Å²) >= 11 is 0. The van der Waals surface area contributed by atoms with Crippen molar-refractivity contribution in [3.8, 4) is 5.75 Å². The van der Waals surface area contributed by atoms with Crippen LogP contribution in [0.1, 0.15) is 28.7 Å². The molecule has 1 atom stereocenters. The maximum atomic E-state index is 12.3. The Morgan fingerprint density at radius 1 is 1.13 bits per heavy atom. The van der Waals surface area contributed by atoms with Crippen LogP contribution in [0.25, 0.3) is 11.0 Å². The Morgan fingerprint density at radius 3 is 2.61 bits per heavy atom. The van der Waals surface area contributed by atoms with E-state index in [1.807, 2.05) is 36.4 Å². The SMILES string of the molecule is Cc1c(OCC(=O)NC(Cc2ccccc2)C(=O)O)ccc2c3c(c(=O)oc12)CCC3. The summed E-state index contributed by atoms with van der Waals surface area (Å²) < 4.78 is 11.2. The number of aliphatic carboxylic acids is 1. The minimum absolute atomic E-state index is 0.174. The molecule has 1 unspecified atom stereocenters. The van der Waals surface area contributed by atoms with Crippen LogP contribution in [0.4, 0.5) is 0 Å². The number of amides is 1. The molecule has 0 saturated carbocycles. The lowest BCUT2D eigenvalue weighted by Gasteiger charge is -2.16. The van der Waals surface area contributed by atoms with Gasteiger partial charge in [-0.25, -0.2) is 9.59 Å². The molecule has 1 amide bonds. The van der Waals surface area contributed by atoms with Gasteiger partial charge < -0.3 is 19.6 Å². The fraction of sp³-hybridized carbons (Fsp3) is 0.292. The van der Waals surface area contributed by atoms with Crippen LogP contribution in [0.5, 0.6) is 5.75 Å². The molecule has 7 heteroatoms. The maximum Gasteiger partial charge on any atom is 0.339 e. The van der Waals surface area contributed by atoms with Crippen molar-refractivity contribution in [2.75, 3.05) is 6.61 Å². The molecule has 2 N–H and O–H groups in total. The third kappa shape index (κ3) is 4.30. The molecule has 0 radical (unpaired) electrons. The maximum absolute atomic E-state index is 12.3. The molecule has 0 bridgehead atoms. The Hall–Kier alpha value is -3.61. The highest BCUT2D eigenvalue weighted by atomic mass is 16.5. The van der Waals surface area contributed by atoms with E-state index < -0.39 is 17.9 Å². The van der Waals surface area contributed by atoms with Crippen molar-refractivity contribution >= 4 is 22.8 Å². The number of rotatable bonds is 7. The number of aryl methyl sites for hydroxylation is 2. The molecular weight excluding hydrogens is 398 g/mol. The quantitative estimate of drug-likeness (QED) is 0.569. The number of carboxylic acids is 1. The second-order valence-corrected chi connectivity index (χ2v) is 7.70. The van der Waals surface area contributed by atoms with Gasteiger partial charge in [-0.2, -0.15) is 0 Å². The van der Waals surface area contributed by atoms with Gasteiger partial charge in [0.05, 0.1) is 0 Å². The van der Waals surface area contributed by atoms with Gasteiger partial charge in [-0.15, -0.1) is 0 Å². The number of carboxylic acid groups (broad SMARTS) is 1. The molecule has 1 aliphatic carbocycles. The van der Waals surface area contributed by atoms with Gasteiger partial charge in [0.1, 0.15) is 17.4 Å². The lowest BCUT2D eigenvalue weighted by molar-refractivity contribution is -0.142. The third-order valence-electron chi connectivity index (χ3n) is 5.62. The smallest absolute Gasteiger partial charge is 0.339 e. The van der Waals surface area contributed by atoms with Crippen LogP contribution >= 0.6 is 0 Å². The number of fused-ring (bicyclic) bond motifs is 3. The fourth-order valence-corrected chi connectivity index (χ4v) is 4.05. The number of carbonyl (C=O) groups excluding carboxylic acids is 1. The van der Waals surface area contributed by atoms with Crippen molar-refractivity contribution in [2.24, 2.45) is 0 Å². The normalized spacial score (nSPS) is 13.6. The first-order valence-corrected chi connectivity index (χ1v) is 10.2. The van der Waals surface area contributed by atoms with E-state index in [0.29, 0.717) is 16.9 Å². The lowest BCUT2D eigenvalue weighted by atomic mass is 10.0. The fourth-order valence-electron chi connectivity index (χ4n) is 4.05. The molecule has 160 valence electrons. The van der Waals surface area contributed by atoms with E-state index in [9.17, 15) is 19.5 Å². The lowest BCUT2D eigenvalue weighted by Crippen LogP contribution is -2.44. The van der Waals surface area contributed by atoms with E-state index in [1.54, 1.807) is 13.0 Å². The number of nitrogens with one attached hydrogen (secondary N) is 1. The summed E-state index contributed by atoms with van der Waals surface area (Å²) in [5.41, 5.74) is 3.38. The van der Waals surface area contributed by atoms with Crippen LogP contribution in [0.3, 0.4) is 0 Å². The number of ether oxygens (including phenoxy) is 1. The Balaban J connectivity index is 1.46. The predicted octanol–water partition coefficient (Wildman–Crippen LogP) is 2.78. The standard InChI is InChI=1S/C24H23NO6/c1-14-20(11-10-17-16-8-5-9-18(16)24(29)31-22(14)17)30-13-21(26)25-19(23(27)28)12-15-6-3-2-4-7-15/h2-4,6-7,10-11,19H,5,8-9,12-13H2,1H3,(H,25,26)(H,27,28). The molecule has 7 nitrogen and oxygen atoms in total. The van der Waals surface area contributed by atoms with Crippen LogP contribution in [-0.2, 0) is 28.9 Å². The van der Waals surface area contributed by atoms with Crippen molar-refractivity contribution in [3.05, 3.63) is 75.1 Å². The second kappa shape index (κ2) is 8.63. The van der Waals surface area contributed by atoms with E-state index in [1.165, 1.54) is 0 Å². The summed E-state index contributed by atoms with van der Waals surface area (Å²) in [5.74, 6) is -1.24. The molecule has 1 heterocycles. The van der Waals surface area contributed by atoms with Gasteiger partial charge in [-0.05, 0) is 49.4 Å². The summed E-state index contributed by atoms with van der Waals surface area (Å²) in [5, 5.41) is 12.8. The second-order valence-electron chi connectivity index (χ2n) is 7.70. The average molecular weight is 421 g/mol. The van der Waals surface area contributed by atoms with Gasteiger partial charge in [0.25, 0.3) is 5.91 Å². The summed E-state index contributed by atoms with van der Waals surface area (Å²) in [6.07, 6.45) is 2.69. The number of hydrogen-bond donors (Lipinski definition) is 2. The topological polar surface area (TPSA) is 106 Å². The molecule has 1 aliphatic rings. The Morgan fingerprint density at radius 2 is 1.87 bits per heavy atom. The number of hydrogen-bond acceptors (Lipinski definition) is 5. The van der Waals surface area contributed by atoms with Crippen molar-refractivity contribution in [2.45, 2.75) is 38.6 Å². The monoisotopic (exact) mass is 421 g/mol. The van der Waals surface area contributed by atoms with E-state index in [2.05, 4.69) is 5.32 Å². The average Bonchev–Trinajstić information content (AvgIpc) is 3.25. The van der Waals surface area contributed by atoms with Gasteiger partial charge in [0, 0.05) is 22.9 Å². The van der Waals surface area contributed by atoms with E-state index in [4.69, 9.17) is 9.15 Å². The van der Waals surface area contributed by atoms with E-state index in [-0.39, 0.29) is 18.7 Å². The molecule has 0 spiro atoms. The zero-order valence-electron chi connectivity index (χ0n) is 17.1. The van der Waals surface area contributed by atoms with Crippen molar-refractivity contribution < 1.29 is 23.8 Å². The summed E-state index contributed by atoms with van der Waals surface area (Å²) in [7, 11) is 0. The highest BCUT2D eigenvalue weighted by molar-refractivity contribution is 5.87. The highest BCUT2D eigenvalue weighted by Crippen LogP contribution is 2.32. The Bertz CT molecular complexity index is 1200. The van der Waals surface area contributed by atoms with Gasteiger partial charge in [-0.3, -0.25) is 4.79 Å².